The Morgan fingerprint density at radius 3 is 2.79 bits per heavy atom. The van der Waals surface area contributed by atoms with Crippen molar-refractivity contribution in [3.05, 3.63) is 33.8 Å². The molecule has 0 atom stereocenters. The van der Waals surface area contributed by atoms with Crippen LogP contribution in [0.1, 0.15) is 15.9 Å². The summed E-state index contributed by atoms with van der Waals surface area (Å²) >= 11 is 3.18. The Balaban J connectivity index is 2.96. The van der Waals surface area contributed by atoms with Crippen LogP contribution in [0.2, 0.25) is 0 Å². The zero-order chi connectivity index (χ0) is 10.6. The van der Waals surface area contributed by atoms with Gasteiger partial charge in [-0.05, 0) is 17.7 Å². The number of rotatable bonds is 4. The number of aliphatic hydroxyl groups is 1. The number of halogens is 1. The minimum Gasteiger partial charge on any atom is -0.478 e. The van der Waals surface area contributed by atoms with Gasteiger partial charge in [0.15, 0.2) is 0 Å². The van der Waals surface area contributed by atoms with E-state index in [4.69, 9.17) is 14.9 Å². The number of ether oxygens (including phenoxy) is 1. The van der Waals surface area contributed by atoms with E-state index in [2.05, 4.69) is 15.9 Å². The van der Waals surface area contributed by atoms with E-state index >= 15 is 0 Å². The zero-order valence-electron chi connectivity index (χ0n) is 7.24. The molecule has 0 fully saturated rings. The minimum atomic E-state index is -1.01. The lowest BCUT2D eigenvalue weighted by Crippen LogP contribution is -2.04. The second-order valence-electron chi connectivity index (χ2n) is 2.58. The van der Waals surface area contributed by atoms with Crippen LogP contribution in [-0.2, 0) is 11.3 Å². The molecule has 0 saturated carbocycles. The molecule has 0 radical (unpaired) electrons. The molecule has 2 N–H and O–H groups in total. The fourth-order valence-corrected chi connectivity index (χ4v) is 1.39. The molecule has 0 amide bonds. The van der Waals surface area contributed by atoms with Crippen molar-refractivity contribution >= 4 is 21.9 Å². The van der Waals surface area contributed by atoms with Crippen molar-refractivity contribution in [1.29, 1.82) is 0 Å². The first kappa shape index (κ1) is 11.2. The number of hydrogen-bond acceptors (Lipinski definition) is 3. The highest BCUT2D eigenvalue weighted by Crippen LogP contribution is 2.17. The van der Waals surface area contributed by atoms with Gasteiger partial charge in [0, 0.05) is 4.47 Å². The van der Waals surface area contributed by atoms with Crippen LogP contribution in [0.3, 0.4) is 0 Å². The van der Waals surface area contributed by atoms with Gasteiger partial charge in [0.05, 0.1) is 12.2 Å². The number of benzene rings is 1. The van der Waals surface area contributed by atoms with Crippen molar-refractivity contribution in [2.45, 2.75) is 6.61 Å². The summed E-state index contributed by atoms with van der Waals surface area (Å²) in [5, 5.41) is 17.3. The largest absolute Gasteiger partial charge is 0.478 e. The van der Waals surface area contributed by atoms with E-state index in [1.54, 1.807) is 12.1 Å². The summed E-state index contributed by atoms with van der Waals surface area (Å²) < 4.78 is 5.42. The third-order valence-electron chi connectivity index (χ3n) is 1.65. The van der Waals surface area contributed by atoms with Crippen molar-refractivity contribution in [2.24, 2.45) is 0 Å². The van der Waals surface area contributed by atoms with Gasteiger partial charge in [-0.25, -0.2) is 4.79 Å². The lowest BCUT2D eigenvalue weighted by Gasteiger charge is -2.05. The number of carboxylic acids is 1. The molecule has 14 heavy (non-hydrogen) atoms. The molecule has 1 aromatic rings. The van der Waals surface area contributed by atoms with Crippen LogP contribution >= 0.6 is 15.9 Å². The molecule has 0 aliphatic rings. The van der Waals surface area contributed by atoms with Gasteiger partial charge in [-0.15, -0.1) is 0 Å². The van der Waals surface area contributed by atoms with Crippen molar-refractivity contribution in [3.8, 4) is 0 Å². The summed E-state index contributed by atoms with van der Waals surface area (Å²) in [6.07, 6.45) is 0. The Morgan fingerprint density at radius 1 is 1.50 bits per heavy atom. The van der Waals surface area contributed by atoms with E-state index in [-0.39, 0.29) is 12.2 Å². The molecule has 4 nitrogen and oxygen atoms in total. The van der Waals surface area contributed by atoms with Crippen molar-refractivity contribution in [2.75, 3.05) is 6.79 Å². The highest BCUT2D eigenvalue weighted by molar-refractivity contribution is 9.10. The van der Waals surface area contributed by atoms with Crippen LogP contribution in [0, 0.1) is 0 Å². The molecule has 0 saturated heterocycles. The first-order valence-corrected chi connectivity index (χ1v) is 4.64. The summed E-state index contributed by atoms with van der Waals surface area (Å²) in [5.74, 6) is -1.01. The van der Waals surface area contributed by atoms with Gasteiger partial charge in [0.25, 0.3) is 0 Å². The summed E-state index contributed by atoms with van der Waals surface area (Å²) in [7, 11) is 0. The fraction of sp³-hybridized carbons (Fsp3) is 0.222. The third-order valence-corrected chi connectivity index (χ3v) is 2.14. The molecular formula is C9H9BrO4. The Labute approximate surface area is 89.3 Å². The molecule has 0 aliphatic carbocycles. The topological polar surface area (TPSA) is 66.8 Å². The van der Waals surface area contributed by atoms with Gasteiger partial charge < -0.3 is 14.9 Å². The van der Waals surface area contributed by atoms with E-state index in [0.29, 0.717) is 10.0 Å². The summed E-state index contributed by atoms with van der Waals surface area (Å²) in [6.45, 7) is -0.333. The highest BCUT2D eigenvalue weighted by atomic mass is 79.9. The van der Waals surface area contributed by atoms with E-state index in [1.807, 2.05) is 0 Å². The SMILES string of the molecule is O=C(O)c1cc(Br)ccc1COCO. The molecule has 0 unspecified atom stereocenters. The van der Waals surface area contributed by atoms with Crippen LogP contribution in [0.4, 0.5) is 0 Å². The standard InChI is InChI=1S/C9H9BrO4/c10-7-2-1-6(4-14-5-11)8(3-7)9(12)13/h1-3,11H,4-5H2,(H,12,13). The zero-order valence-corrected chi connectivity index (χ0v) is 8.82. The van der Waals surface area contributed by atoms with Crippen molar-refractivity contribution in [1.82, 2.24) is 0 Å². The van der Waals surface area contributed by atoms with Crippen molar-refractivity contribution < 1.29 is 19.7 Å². The quantitative estimate of drug-likeness (QED) is 0.808. The number of hydrogen-bond donors (Lipinski definition) is 2. The highest BCUT2D eigenvalue weighted by Gasteiger charge is 2.10. The predicted octanol–water partition coefficient (Wildman–Crippen LogP) is 1.61. The Hall–Kier alpha value is -0.910. The van der Waals surface area contributed by atoms with Crippen molar-refractivity contribution in [3.63, 3.8) is 0 Å². The molecular weight excluding hydrogens is 252 g/mol. The molecule has 0 spiro atoms. The maximum absolute atomic E-state index is 10.8. The second kappa shape index (κ2) is 5.09. The van der Waals surface area contributed by atoms with E-state index in [0.717, 1.165) is 0 Å². The molecule has 1 rings (SSSR count). The summed E-state index contributed by atoms with van der Waals surface area (Å²) in [4.78, 5) is 10.8. The molecule has 0 aromatic heterocycles. The lowest BCUT2D eigenvalue weighted by molar-refractivity contribution is -0.0116. The van der Waals surface area contributed by atoms with Gasteiger partial charge >= 0.3 is 5.97 Å². The van der Waals surface area contributed by atoms with Gasteiger partial charge in [0.1, 0.15) is 6.79 Å². The minimum absolute atomic E-state index is 0.0887. The van der Waals surface area contributed by atoms with Gasteiger partial charge in [-0.3, -0.25) is 0 Å². The van der Waals surface area contributed by atoms with Crippen LogP contribution in [0.25, 0.3) is 0 Å². The van der Waals surface area contributed by atoms with E-state index < -0.39 is 12.8 Å². The number of aliphatic hydroxyl groups excluding tert-OH is 1. The monoisotopic (exact) mass is 260 g/mol. The lowest BCUT2D eigenvalue weighted by atomic mass is 10.1. The Bertz CT molecular complexity index is 338. The van der Waals surface area contributed by atoms with Crippen LogP contribution in [0.5, 0.6) is 0 Å². The average Bonchev–Trinajstić information content (AvgIpc) is 2.15. The van der Waals surface area contributed by atoms with Crippen LogP contribution in [-0.4, -0.2) is 23.0 Å². The van der Waals surface area contributed by atoms with Gasteiger partial charge in [0.2, 0.25) is 0 Å². The van der Waals surface area contributed by atoms with Gasteiger partial charge in [-0.1, -0.05) is 22.0 Å². The molecule has 76 valence electrons. The maximum atomic E-state index is 10.8. The molecule has 0 heterocycles. The number of carbonyl (C=O) groups is 1. The summed E-state index contributed by atoms with van der Waals surface area (Å²) in [6, 6.07) is 4.87. The second-order valence-corrected chi connectivity index (χ2v) is 3.50. The smallest absolute Gasteiger partial charge is 0.336 e. The molecule has 0 aliphatic heterocycles. The Kier molecular flexibility index (Phi) is 4.06. The fourth-order valence-electron chi connectivity index (χ4n) is 1.03. The van der Waals surface area contributed by atoms with E-state index in [1.165, 1.54) is 6.07 Å². The average molecular weight is 261 g/mol. The molecule has 5 heteroatoms. The normalized spacial score (nSPS) is 10.1. The van der Waals surface area contributed by atoms with E-state index in [9.17, 15) is 4.79 Å². The maximum Gasteiger partial charge on any atom is 0.336 e. The van der Waals surface area contributed by atoms with Crippen LogP contribution < -0.4 is 0 Å². The first-order chi connectivity index (χ1) is 6.65. The molecule has 0 bridgehead atoms. The summed E-state index contributed by atoms with van der Waals surface area (Å²) in [5.41, 5.74) is 0.711. The molecule has 1 aromatic carbocycles. The third kappa shape index (κ3) is 2.80. The predicted molar refractivity (Wildman–Crippen MR) is 53.0 cm³/mol. The van der Waals surface area contributed by atoms with Gasteiger partial charge in [-0.2, -0.15) is 0 Å². The number of carboxylic acid groups (broad SMARTS) is 1. The number of aromatic carboxylic acids is 1. The first-order valence-electron chi connectivity index (χ1n) is 3.85. The Morgan fingerprint density at radius 2 is 2.21 bits per heavy atom. The van der Waals surface area contributed by atoms with Crippen LogP contribution in [0.15, 0.2) is 22.7 Å².